The van der Waals surface area contributed by atoms with Crippen molar-refractivity contribution in [3.63, 3.8) is 0 Å². The van der Waals surface area contributed by atoms with Gasteiger partial charge in [0, 0.05) is 13.1 Å². The van der Waals surface area contributed by atoms with E-state index in [1.165, 1.54) is 12.1 Å². The molecule has 0 aliphatic carbocycles. The Bertz CT molecular complexity index is 439. The monoisotopic (exact) mass is 256 g/mol. The van der Waals surface area contributed by atoms with Crippen LogP contribution in [0.15, 0.2) is 18.2 Å². The number of amides is 1. The lowest BCUT2D eigenvalue weighted by molar-refractivity contribution is 0.0788. The quantitative estimate of drug-likeness (QED) is 0.879. The number of halogens is 2. The number of likely N-dealkylation sites (tertiary alicyclic amines) is 1. The van der Waals surface area contributed by atoms with E-state index in [2.05, 4.69) is 0 Å². The van der Waals surface area contributed by atoms with Gasteiger partial charge >= 0.3 is 0 Å². The Morgan fingerprint density at radius 1 is 1.59 bits per heavy atom. The van der Waals surface area contributed by atoms with Crippen LogP contribution in [0.5, 0.6) is 0 Å². The highest BCUT2D eigenvalue weighted by molar-refractivity contribution is 6.33. The van der Waals surface area contributed by atoms with Crippen LogP contribution in [0.2, 0.25) is 5.02 Å². The van der Waals surface area contributed by atoms with E-state index in [0.717, 1.165) is 12.5 Å². The van der Waals surface area contributed by atoms with Crippen molar-refractivity contribution in [3.8, 4) is 0 Å². The first-order valence-corrected chi connectivity index (χ1v) is 5.94. The summed E-state index contributed by atoms with van der Waals surface area (Å²) in [5, 5.41) is 0.159. The Morgan fingerprint density at radius 2 is 2.35 bits per heavy atom. The van der Waals surface area contributed by atoms with Gasteiger partial charge in [0.2, 0.25) is 0 Å². The molecule has 2 rings (SSSR count). The molecule has 1 aliphatic rings. The molecule has 1 saturated heterocycles. The van der Waals surface area contributed by atoms with Crippen LogP contribution in [0.1, 0.15) is 16.8 Å². The molecule has 5 heteroatoms. The lowest BCUT2D eigenvalue weighted by atomic mass is 10.1. The molecule has 1 aliphatic heterocycles. The van der Waals surface area contributed by atoms with Gasteiger partial charge in [0.25, 0.3) is 5.91 Å². The highest BCUT2D eigenvalue weighted by Crippen LogP contribution is 2.22. The van der Waals surface area contributed by atoms with Crippen LogP contribution in [0.3, 0.4) is 0 Å². The van der Waals surface area contributed by atoms with E-state index in [0.29, 0.717) is 31.1 Å². The van der Waals surface area contributed by atoms with Gasteiger partial charge in [-0.1, -0.05) is 11.6 Å². The number of hydrogen-bond donors (Lipinski definition) is 1. The maximum Gasteiger partial charge on any atom is 0.255 e. The molecule has 3 nitrogen and oxygen atoms in total. The standard InChI is InChI=1S/C12H14ClFN2O/c13-11-5-9(14)1-2-10(11)12(17)16-4-3-8(6-15)7-16/h1-2,5,8H,3-4,6-7,15H2. The second kappa shape index (κ2) is 5.02. The van der Waals surface area contributed by atoms with Crippen LogP contribution >= 0.6 is 11.6 Å². The lowest BCUT2D eigenvalue weighted by Gasteiger charge is -2.17. The number of carbonyl (C=O) groups is 1. The van der Waals surface area contributed by atoms with E-state index in [1.54, 1.807) is 4.90 Å². The van der Waals surface area contributed by atoms with Gasteiger partial charge in [-0.3, -0.25) is 4.79 Å². The molecule has 1 unspecified atom stereocenters. The fourth-order valence-electron chi connectivity index (χ4n) is 2.04. The molecule has 92 valence electrons. The van der Waals surface area contributed by atoms with Crippen molar-refractivity contribution in [1.82, 2.24) is 4.90 Å². The van der Waals surface area contributed by atoms with E-state index in [9.17, 15) is 9.18 Å². The summed E-state index contributed by atoms with van der Waals surface area (Å²) in [6, 6.07) is 3.83. The van der Waals surface area contributed by atoms with Gasteiger partial charge in [-0.25, -0.2) is 4.39 Å². The zero-order valence-corrected chi connectivity index (χ0v) is 10.1. The molecular weight excluding hydrogens is 243 g/mol. The third kappa shape index (κ3) is 2.58. The highest BCUT2D eigenvalue weighted by Gasteiger charge is 2.27. The number of hydrogen-bond acceptors (Lipinski definition) is 2. The van der Waals surface area contributed by atoms with Crippen molar-refractivity contribution in [1.29, 1.82) is 0 Å². The van der Waals surface area contributed by atoms with E-state index < -0.39 is 5.82 Å². The summed E-state index contributed by atoms with van der Waals surface area (Å²) in [6.45, 7) is 1.93. The molecule has 1 heterocycles. The largest absolute Gasteiger partial charge is 0.338 e. The average molecular weight is 257 g/mol. The molecular formula is C12H14ClFN2O. The normalized spacial score (nSPS) is 19.7. The molecule has 17 heavy (non-hydrogen) atoms. The summed E-state index contributed by atoms with van der Waals surface area (Å²) in [4.78, 5) is 13.8. The molecule has 0 radical (unpaired) electrons. The van der Waals surface area contributed by atoms with Gasteiger partial charge in [0.05, 0.1) is 10.6 Å². The number of benzene rings is 1. The van der Waals surface area contributed by atoms with Gasteiger partial charge < -0.3 is 10.6 Å². The van der Waals surface area contributed by atoms with Crippen molar-refractivity contribution in [3.05, 3.63) is 34.6 Å². The van der Waals surface area contributed by atoms with Gasteiger partial charge in [-0.2, -0.15) is 0 Å². The molecule has 0 saturated carbocycles. The van der Waals surface area contributed by atoms with Crippen LogP contribution in [0, 0.1) is 11.7 Å². The van der Waals surface area contributed by atoms with Crippen LogP contribution in [-0.4, -0.2) is 30.4 Å². The molecule has 1 amide bonds. The van der Waals surface area contributed by atoms with Crippen LogP contribution in [0.4, 0.5) is 4.39 Å². The number of nitrogens with zero attached hydrogens (tertiary/aromatic N) is 1. The van der Waals surface area contributed by atoms with Crippen molar-refractivity contribution in [2.24, 2.45) is 11.7 Å². The van der Waals surface area contributed by atoms with Gasteiger partial charge in [-0.15, -0.1) is 0 Å². The maximum absolute atomic E-state index is 12.9. The first-order chi connectivity index (χ1) is 8.11. The highest BCUT2D eigenvalue weighted by atomic mass is 35.5. The maximum atomic E-state index is 12.9. The zero-order valence-electron chi connectivity index (χ0n) is 9.33. The summed E-state index contributed by atoms with van der Waals surface area (Å²) < 4.78 is 12.9. The smallest absolute Gasteiger partial charge is 0.255 e. The Morgan fingerprint density at radius 3 is 2.94 bits per heavy atom. The second-order valence-corrected chi connectivity index (χ2v) is 4.67. The van der Waals surface area contributed by atoms with E-state index >= 15 is 0 Å². The molecule has 1 aromatic rings. The molecule has 1 atom stereocenters. The summed E-state index contributed by atoms with van der Waals surface area (Å²) in [7, 11) is 0. The molecule has 1 fully saturated rings. The summed E-state index contributed by atoms with van der Waals surface area (Å²) in [5.74, 6) is -0.225. The van der Waals surface area contributed by atoms with Crippen LogP contribution in [-0.2, 0) is 0 Å². The predicted octanol–water partition coefficient (Wildman–Crippen LogP) is 1.90. The first-order valence-electron chi connectivity index (χ1n) is 5.56. The van der Waals surface area contributed by atoms with E-state index in [4.69, 9.17) is 17.3 Å². The van der Waals surface area contributed by atoms with Crippen molar-refractivity contribution < 1.29 is 9.18 Å². The van der Waals surface area contributed by atoms with Gasteiger partial charge in [0.1, 0.15) is 5.82 Å². The molecule has 0 aromatic heterocycles. The zero-order chi connectivity index (χ0) is 12.4. The average Bonchev–Trinajstić information content (AvgIpc) is 2.76. The minimum absolute atomic E-state index is 0.147. The predicted molar refractivity (Wildman–Crippen MR) is 64.5 cm³/mol. The molecule has 2 N–H and O–H groups in total. The number of carbonyl (C=O) groups excluding carboxylic acids is 1. The summed E-state index contributed by atoms with van der Waals surface area (Å²) >= 11 is 5.86. The minimum Gasteiger partial charge on any atom is -0.338 e. The minimum atomic E-state index is -0.437. The third-order valence-corrected chi connectivity index (χ3v) is 3.38. The van der Waals surface area contributed by atoms with Crippen LogP contribution in [0.25, 0.3) is 0 Å². The fraction of sp³-hybridized carbons (Fsp3) is 0.417. The topological polar surface area (TPSA) is 46.3 Å². The number of nitrogens with two attached hydrogens (primary N) is 1. The summed E-state index contributed by atoms with van der Waals surface area (Å²) in [6.07, 6.45) is 0.918. The van der Waals surface area contributed by atoms with E-state index in [-0.39, 0.29) is 10.9 Å². The first kappa shape index (κ1) is 12.3. The van der Waals surface area contributed by atoms with Crippen LogP contribution < -0.4 is 5.73 Å². The molecule has 1 aromatic carbocycles. The summed E-state index contributed by atoms with van der Waals surface area (Å²) in [5.41, 5.74) is 5.92. The number of rotatable bonds is 2. The third-order valence-electron chi connectivity index (χ3n) is 3.07. The van der Waals surface area contributed by atoms with Gasteiger partial charge in [-0.05, 0) is 37.1 Å². The SMILES string of the molecule is NCC1CCN(C(=O)c2ccc(F)cc2Cl)C1. The fourth-order valence-corrected chi connectivity index (χ4v) is 2.29. The molecule has 0 bridgehead atoms. The Balaban J connectivity index is 2.15. The van der Waals surface area contributed by atoms with Gasteiger partial charge in [0.15, 0.2) is 0 Å². The lowest BCUT2D eigenvalue weighted by Crippen LogP contribution is -2.30. The molecule has 0 spiro atoms. The van der Waals surface area contributed by atoms with Crippen molar-refractivity contribution in [2.75, 3.05) is 19.6 Å². The Labute approximate surface area is 104 Å². The van der Waals surface area contributed by atoms with Crippen molar-refractivity contribution >= 4 is 17.5 Å². The second-order valence-electron chi connectivity index (χ2n) is 4.27. The van der Waals surface area contributed by atoms with E-state index in [1.807, 2.05) is 0 Å². The Kier molecular flexibility index (Phi) is 3.64. The van der Waals surface area contributed by atoms with Crippen molar-refractivity contribution in [2.45, 2.75) is 6.42 Å². The Hall–Kier alpha value is -1.13.